The van der Waals surface area contributed by atoms with Crippen LogP contribution in [0.2, 0.25) is 0 Å². The lowest BCUT2D eigenvalue weighted by Crippen LogP contribution is -2.20. The van der Waals surface area contributed by atoms with E-state index >= 15 is 0 Å². The van der Waals surface area contributed by atoms with Crippen LogP contribution >= 0.6 is 0 Å². The summed E-state index contributed by atoms with van der Waals surface area (Å²) >= 11 is 0. The van der Waals surface area contributed by atoms with Gasteiger partial charge in [-0.05, 0) is 18.2 Å². The van der Waals surface area contributed by atoms with Gasteiger partial charge in [0.05, 0.1) is 18.6 Å². The summed E-state index contributed by atoms with van der Waals surface area (Å²) in [4.78, 5) is 4.45. The number of aromatic nitrogens is 2. The Hall–Kier alpha value is -1.81. The van der Waals surface area contributed by atoms with Crippen molar-refractivity contribution in [3.63, 3.8) is 0 Å². The SMILES string of the molecule is CCNCCc1cn(CC2Cc3ccccc3O2)cn1. The summed E-state index contributed by atoms with van der Waals surface area (Å²) in [6, 6.07) is 8.29. The molecule has 1 aliphatic rings. The predicted molar refractivity (Wildman–Crippen MR) is 79.0 cm³/mol. The number of fused-ring (bicyclic) bond motifs is 1. The minimum atomic E-state index is 0.225. The van der Waals surface area contributed by atoms with Gasteiger partial charge in [0.25, 0.3) is 0 Å². The molecule has 0 amide bonds. The van der Waals surface area contributed by atoms with E-state index in [9.17, 15) is 0 Å². The van der Waals surface area contributed by atoms with Gasteiger partial charge in [-0.25, -0.2) is 4.98 Å². The lowest BCUT2D eigenvalue weighted by molar-refractivity contribution is 0.209. The number of benzene rings is 1. The van der Waals surface area contributed by atoms with E-state index in [0.717, 1.165) is 43.9 Å². The van der Waals surface area contributed by atoms with Gasteiger partial charge < -0.3 is 14.6 Å². The number of likely N-dealkylation sites (N-methyl/N-ethyl adjacent to an activating group) is 1. The zero-order valence-electron chi connectivity index (χ0n) is 11.9. The number of imidazole rings is 1. The van der Waals surface area contributed by atoms with Crippen molar-refractivity contribution in [1.29, 1.82) is 0 Å². The monoisotopic (exact) mass is 271 g/mol. The standard InChI is InChI=1S/C16H21N3O/c1-2-17-8-7-14-10-19(12-18-14)11-15-9-13-5-3-4-6-16(13)20-15/h3-6,10,12,15,17H,2,7-9,11H2,1H3. The highest BCUT2D eigenvalue weighted by molar-refractivity contribution is 5.37. The number of rotatable bonds is 6. The van der Waals surface area contributed by atoms with E-state index in [1.54, 1.807) is 0 Å². The maximum absolute atomic E-state index is 5.96. The Morgan fingerprint density at radius 3 is 3.15 bits per heavy atom. The summed E-state index contributed by atoms with van der Waals surface area (Å²) in [5.74, 6) is 1.03. The second kappa shape index (κ2) is 6.09. The fraction of sp³-hybridized carbons (Fsp3) is 0.438. The molecule has 0 spiro atoms. The first-order chi connectivity index (χ1) is 9.85. The predicted octanol–water partition coefficient (Wildman–Crippen LogP) is 2.04. The van der Waals surface area contributed by atoms with E-state index < -0.39 is 0 Å². The lowest BCUT2D eigenvalue weighted by atomic mass is 10.1. The minimum absolute atomic E-state index is 0.225. The molecule has 1 unspecified atom stereocenters. The average Bonchev–Trinajstić information content (AvgIpc) is 3.05. The number of ether oxygens (including phenoxy) is 1. The molecule has 3 rings (SSSR count). The van der Waals surface area contributed by atoms with Crippen LogP contribution in [0.15, 0.2) is 36.8 Å². The Kier molecular flexibility index (Phi) is 4.02. The van der Waals surface area contributed by atoms with E-state index in [4.69, 9.17) is 4.74 Å². The minimum Gasteiger partial charge on any atom is -0.488 e. The molecule has 0 bridgehead atoms. The van der Waals surface area contributed by atoms with Crippen LogP contribution in [0.1, 0.15) is 18.2 Å². The van der Waals surface area contributed by atoms with Crippen LogP contribution in [0.5, 0.6) is 5.75 Å². The van der Waals surface area contributed by atoms with Crippen molar-refractivity contribution in [2.24, 2.45) is 0 Å². The molecule has 1 N–H and O–H groups in total. The summed E-state index contributed by atoms with van der Waals surface area (Å²) in [5.41, 5.74) is 2.45. The Bertz CT molecular complexity index is 539. The number of nitrogens with one attached hydrogen (secondary N) is 1. The number of hydrogen-bond acceptors (Lipinski definition) is 3. The molecule has 1 aromatic heterocycles. The Morgan fingerprint density at radius 2 is 2.30 bits per heavy atom. The van der Waals surface area contributed by atoms with Crippen molar-refractivity contribution in [2.45, 2.75) is 32.4 Å². The van der Waals surface area contributed by atoms with Gasteiger partial charge >= 0.3 is 0 Å². The van der Waals surface area contributed by atoms with Crippen LogP contribution in [0, 0.1) is 0 Å². The van der Waals surface area contributed by atoms with Gasteiger partial charge in [0.15, 0.2) is 0 Å². The largest absolute Gasteiger partial charge is 0.488 e. The van der Waals surface area contributed by atoms with Gasteiger partial charge in [-0.2, -0.15) is 0 Å². The molecule has 4 heteroatoms. The Balaban J connectivity index is 1.55. The zero-order valence-corrected chi connectivity index (χ0v) is 11.9. The first-order valence-corrected chi connectivity index (χ1v) is 7.31. The van der Waals surface area contributed by atoms with Crippen molar-refractivity contribution in [3.8, 4) is 5.75 Å². The van der Waals surface area contributed by atoms with Gasteiger partial charge in [0.2, 0.25) is 0 Å². The summed E-state index contributed by atoms with van der Waals surface area (Å²) in [6.45, 7) is 4.98. The van der Waals surface area contributed by atoms with Gasteiger partial charge in [-0.15, -0.1) is 0 Å². The normalized spacial score (nSPS) is 16.9. The fourth-order valence-electron chi connectivity index (χ4n) is 2.62. The topological polar surface area (TPSA) is 39.1 Å². The first-order valence-electron chi connectivity index (χ1n) is 7.31. The zero-order chi connectivity index (χ0) is 13.8. The van der Waals surface area contributed by atoms with E-state index in [2.05, 4.69) is 40.1 Å². The molecule has 0 fully saturated rings. The summed E-state index contributed by atoms with van der Waals surface area (Å²) in [6.07, 6.45) is 6.23. The van der Waals surface area contributed by atoms with Gasteiger partial charge in [-0.3, -0.25) is 0 Å². The average molecular weight is 271 g/mol. The van der Waals surface area contributed by atoms with Gasteiger partial charge in [-0.1, -0.05) is 25.1 Å². The molecule has 1 aliphatic heterocycles. The van der Waals surface area contributed by atoms with Crippen LogP contribution in [0.3, 0.4) is 0 Å². The molecule has 106 valence electrons. The van der Waals surface area contributed by atoms with Crippen molar-refractivity contribution in [2.75, 3.05) is 13.1 Å². The summed E-state index contributed by atoms with van der Waals surface area (Å²) < 4.78 is 8.09. The second-order valence-corrected chi connectivity index (χ2v) is 5.22. The smallest absolute Gasteiger partial charge is 0.123 e. The third-order valence-electron chi connectivity index (χ3n) is 3.62. The van der Waals surface area contributed by atoms with Crippen LogP contribution in [-0.2, 0) is 19.4 Å². The number of nitrogens with zero attached hydrogens (tertiary/aromatic N) is 2. The third kappa shape index (κ3) is 3.02. The highest BCUT2D eigenvalue weighted by atomic mass is 16.5. The van der Waals surface area contributed by atoms with E-state index in [-0.39, 0.29) is 6.10 Å². The fourth-order valence-corrected chi connectivity index (χ4v) is 2.62. The maximum Gasteiger partial charge on any atom is 0.123 e. The molecule has 0 radical (unpaired) electrons. The van der Waals surface area contributed by atoms with Crippen LogP contribution in [-0.4, -0.2) is 28.7 Å². The molecule has 2 aromatic rings. The van der Waals surface area contributed by atoms with Gasteiger partial charge in [0, 0.05) is 25.6 Å². The van der Waals surface area contributed by atoms with Crippen molar-refractivity contribution in [1.82, 2.24) is 14.9 Å². The molecule has 20 heavy (non-hydrogen) atoms. The molecule has 4 nitrogen and oxygen atoms in total. The highest BCUT2D eigenvalue weighted by Gasteiger charge is 2.22. The van der Waals surface area contributed by atoms with E-state index in [1.807, 2.05) is 18.5 Å². The molecular formula is C16H21N3O. The highest BCUT2D eigenvalue weighted by Crippen LogP contribution is 2.28. The van der Waals surface area contributed by atoms with Crippen LogP contribution < -0.4 is 10.1 Å². The van der Waals surface area contributed by atoms with Gasteiger partial charge in [0.1, 0.15) is 11.9 Å². The van der Waals surface area contributed by atoms with Crippen LogP contribution in [0.4, 0.5) is 0 Å². The summed E-state index contributed by atoms with van der Waals surface area (Å²) in [7, 11) is 0. The molecule has 0 aliphatic carbocycles. The molecule has 0 saturated carbocycles. The number of para-hydroxylation sites is 1. The molecule has 2 heterocycles. The Labute approximate surface area is 119 Å². The second-order valence-electron chi connectivity index (χ2n) is 5.22. The molecule has 1 aromatic carbocycles. The van der Waals surface area contributed by atoms with Crippen molar-refractivity contribution in [3.05, 3.63) is 48.0 Å². The molecular weight excluding hydrogens is 250 g/mol. The third-order valence-corrected chi connectivity index (χ3v) is 3.62. The quantitative estimate of drug-likeness (QED) is 0.817. The molecule has 1 atom stereocenters. The van der Waals surface area contributed by atoms with Crippen molar-refractivity contribution >= 4 is 0 Å². The summed E-state index contributed by atoms with van der Waals surface area (Å²) in [5, 5.41) is 3.32. The number of hydrogen-bond donors (Lipinski definition) is 1. The Morgan fingerprint density at radius 1 is 1.40 bits per heavy atom. The van der Waals surface area contributed by atoms with E-state index in [1.165, 1.54) is 5.56 Å². The van der Waals surface area contributed by atoms with Crippen molar-refractivity contribution < 1.29 is 4.74 Å². The lowest BCUT2D eigenvalue weighted by Gasteiger charge is -2.10. The maximum atomic E-state index is 5.96. The molecule has 0 saturated heterocycles. The first kappa shape index (κ1) is 13.2. The van der Waals surface area contributed by atoms with Crippen LogP contribution in [0.25, 0.3) is 0 Å². The van der Waals surface area contributed by atoms with E-state index in [0.29, 0.717) is 0 Å².